The van der Waals surface area contributed by atoms with Crippen molar-refractivity contribution in [1.29, 1.82) is 0 Å². The van der Waals surface area contributed by atoms with Gasteiger partial charge in [-0.05, 0) is 31.4 Å². The molecule has 0 saturated heterocycles. The number of allylic oxidation sites excluding steroid dienone is 1. The van der Waals surface area contributed by atoms with E-state index in [4.69, 9.17) is 4.42 Å². The summed E-state index contributed by atoms with van der Waals surface area (Å²) in [7, 11) is 0. The molecule has 2 aromatic rings. The number of nitrogens with zero attached hydrogens (tertiary/aromatic N) is 2. The highest BCUT2D eigenvalue weighted by Gasteiger charge is 2.12. The molecule has 1 aromatic carbocycles. The summed E-state index contributed by atoms with van der Waals surface area (Å²) < 4.78 is 5.66. The minimum atomic E-state index is 0.525. The SMILES string of the molecule is C1=CCC(NCc2nnc(-c3ccccc3)o2)CC1. The Bertz CT molecular complexity index is 548. The Balaban J connectivity index is 1.60. The number of hydrogen-bond donors (Lipinski definition) is 1. The van der Waals surface area contributed by atoms with Gasteiger partial charge >= 0.3 is 0 Å². The van der Waals surface area contributed by atoms with Gasteiger partial charge in [0.25, 0.3) is 0 Å². The van der Waals surface area contributed by atoms with E-state index in [1.54, 1.807) is 0 Å². The second kappa shape index (κ2) is 5.80. The number of benzene rings is 1. The Morgan fingerprint density at radius 3 is 2.84 bits per heavy atom. The van der Waals surface area contributed by atoms with Gasteiger partial charge in [-0.25, -0.2) is 0 Å². The van der Waals surface area contributed by atoms with E-state index in [0.29, 0.717) is 24.4 Å². The fraction of sp³-hybridized carbons (Fsp3) is 0.333. The van der Waals surface area contributed by atoms with Gasteiger partial charge < -0.3 is 9.73 Å². The monoisotopic (exact) mass is 255 g/mol. The van der Waals surface area contributed by atoms with E-state index in [9.17, 15) is 0 Å². The maximum Gasteiger partial charge on any atom is 0.247 e. The molecule has 1 heterocycles. The first-order valence-corrected chi connectivity index (χ1v) is 6.68. The minimum absolute atomic E-state index is 0.525. The predicted molar refractivity (Wildman–Crippen MR) is 73.4 cm³/mol. The molecule has 4 heteroatoms. The van der Waals surface area contributed by atoms with Crippen LogP contribution in [-0.2, 0) is 6.54 Å². The molecule has 0 spiro atoms. The molecule has 0 amide bonds. The summed E-state index contributed by atoms with van der Waals surface area (Å²) in [4.78, 5) is 0. The summed E-state index contributed by atoms with van der Waals surface area (Å²) in [6.45, 7) is 0.637. The van der Waals surface area contributed by atoms with Crippen molar-refractivity contribution in [3.8, 4) is 11.5 Å². The molecule has 4 nitrogen and oxygen atoms in total. The molecule has 0 fully saturated rings. The Labute approximate surface area is 112 Å². The third-order valence-electron chi connectivity index (χ3n) is 3.30. The first-order valence-electron chi connectivity index (χ1n) is 6.68. The van der Waals surface area contributed by atoms with E-state index in [-0.39, 0.29) is 0 Å². The summed E-state index contributed by atoms with van der Waals surface area (Å²) in [5.74, 6) is 1.23. The van der Waals surface area contributed by atoms with Crippen molar-refractivity contribution in [1.82, 2.24) is 15.5 Å². The molecule has 98 valence electrons. The summed E-state index contributed by atoms with van der Waals surface area (Å²) in [5.41, 5.74) is 0.960. The van der Waals surface area contributed by atoms with E-state index in [0.717, 1.165) is 18.4 Å². The fourth-order valence-electron chi connectivity index (χ4n) is 2.23. The van der Waals surface area contributed by atoms with Crippen LogP contribution in [0, 0.1) is 0 Å². The molecule has 0 radical (unpaired) electrons. The molecular weight excluding hydrogens is 238 g/mol. The average Bonchev–Trinajstić information content (AvgIpc) is 2.96. The molecule has 1 aromatic heterocycles. The lowest BCUT2D eigenvalue weighted by atomic mass is 10.0. The van der Waals surface area contributed by atoms with Crippen LogP contribution < -0.4 is 5.32 Å². The van der Waals surface area contributed by atoms with Gasteiger partial charge in [-0.2, -0.15) is 0 Å². The normalized spacial score (nSPS) is 18.6. The van der Waals surface area contributed by atoms with Crippen LogP contribution in [0.4, 0.5) is 0 Å². The molecule has 3 rings (SSSR count). The Hall–Kier alpha value is -1.94. The van der Waals surface area contributed by atoms with Gasteiger partial charge in [0.15, 0.2) is 0 Å². The number of hydrogen-bond acceptors (Lipinski definition) is 4. The molecule has 1 aliphatic carbocycles. The Morgan fingerprint density at radius 2 is 2.05 bits per heavy atom. The number of aromatic nitrogens is 2. The van der Waals surface area contributed by atoms with E-state index >= 15 is 0 Å². The smallest absolute Gasteiger partial charge is 0.247 e. The zero-order chi connectivity index (χ0) is 12.9. The van der Waals surface area contributed by atoms with Crippen LogP contribution in [-0.4, -0.2) is 16.2 Å². The summed E-state index contributed by atoms with van der Waals surface area (Å²) >= 11 is 0. The van der Waals surface area contributed by atoms with Gasteiger partial charge in [-0.1, -0.05) is 30.4 Å². The van der Waals surface area contributed by atoms with Crippen LogP contribution in [0.15, 0.2) is 46.9 Å². The zero-order valence-corrected chi connectivity index (χ0v) is 10.7. The average molecular weight is 255 g/mol. The molecule has 1 aliphatic rings. The van der Waals surface area contributed by atoms with Crippen molar-refractivity contribution in [3.05, 3.63) is 48.4 Å². The summed E-state index contributed by atoms with van der Waals surface area (Å²) in [5, 5.41) is 11.6. The van der Waals surface area contributed by atoms with E-state index < -0.39 is 0 Å². The second-order valence-electron chi connectivity index (χ2n) is 4.73. The highest BCUT2D eigenvalue weighted by Crippen LogP contribution is 2.17. The summed E-state index contributed by atoms with van der Waals surface area (Å²) in [6, 6.07) is 10.4. The van der Waals surface area contributed by atoms with Crippen LogP contribution in [0.2, 0.25) is 0 Å². The Kier molecular flexibility index (Phi) is 3.70. The molecule has 19 heavy (non-hydrogen) atoms. The first kappa shape index (κ1) is 12.1. The lowest BCUT2D eigenvalue weighted by Gasteiger charge is -2.17. The Morgan fingerprint density at radius 1 is 1.16 bits per heavy atom. The van der Waals surface area contributed by atoms with Crippen LogP contribution in [0.5, 0.6) is 0 Å². The van der Waals surface area contributed by atoms with Gasteiger partial charge in [0, 0.05) is 11.6 Å². The molecular formula is C15H17N3O. The quantitative estimate of drug-likeness (QED) is 0.853. The fourth-order valence-corrected chi connectivity index (χ4v) is 2.23. The van der Waals surface area contributed by atoms with Crippen molar-refractivity contribution in [2.24, 2.45) is 0 Å². The van der Waals surface area contributed by atoms with Crippen LogP contribution >= 0.6 is 0 Å². The maximum absolute atomic E-state index is 5.66. The van der Waals surface area contributed by atoms with Crippen molar-refractivity contribution in [3.63, 3.8) is 0 Å². The largest absolute Gasteiger partial charge is 0.419 e. The third kappa shape index (κ3) is 3.09. The lowest BCUT2D eigenvalue weighted by Crippen LogP contribution is -2.29. The second-order valence-corrected chi connectivity index (χ2v) is 4.73. The van der Waals surface area contributed by atoms with E-state index in [1.807, 2.05) is 30.3 Å². The lowest BCUT2D eigenvalue weighted by molar-refractivity contribution is 0.419. The predicted octanol–water partition coefficient (Wildman–Crippen LogP) is 2.93. The molecule has 1 atom stereocenters. The van der Waals surface area contributed by atoms with Gasteiger partial charge in [0.2, 0.25) is 11.8 Å². The van der Waals surface area contributed by atoms with Crippen LogP contribution in [0.1, 0.15) is 25.2 Å². The molecule has 0 aliphatic heterocycles. The maximum atomic E-state index is 5.66. The highest BCUT2D eigenvalue weighted by molar-refractivity contribution is 5.51. The number of nitrogens with one attached hydrogen (secondary N) is 1. The standard InChI is InChI=1S/C15H17N3O/c1-3-7-12(8-4-1)15-18-17-14(19-15)11-16-13-9-5-2-6-10-13/h1-5,7-8,13,16H,6,9-11H2. The number of rotatable bonds is 4. The van der Waals surface area contributed by atoms with E-state index in [2.05, 4.69) is 27.7 Å². The van der Waals surface area contributed by atoms with Crippen LogP contribution in [0.3, 0.4) is 0 Å². The van der Waals surface area contributed by atoms with Crippen LogP contribution in [0.25, 0.3) is 11.5 Å². The topological polar surface area (TPSA) is 51.0 Å². The minimum Gasteiger partial charge on any atom is -0.419 e. The zero-order valence-electron chi connectivity index (χ0n) is 10.7. The molecule has 0 saturated carbocycles. The van der Waals surface area contributed by atoms with Gasteiger partial charge in [-0.15, -0.1) is 10.2 Å². The van der Waals surface area contributed by atoms with Crippen molar-refractivity contribution < 1.29 is 4.42 Å². The summed E-state index contributed by atoms with van der Waals surface area (Å²) in [6.07, 6.45) is 7.87. The van der Waals surface area contributed by atoms with Gasteiger partial charge in [-0.3, -0.25) is 0 Å². The van der Waals surface area contributed by atoms with Gasteiger partial charge in [0.1, 0.15) is 0 Å². The first-order chi connectivity index (χ1) is 9.42. The third-order valence-corrected chi connectivity index (χ3v) is 3.30. The molecule has 1 N–H and O–H groups in total. The molecule has 1 unspecified atom stereocenters. The molecule has 0 bridgehead atoms. The van der Waals surface area contributed by atoms with E-state index in [1.165, 1.54) is 6.42 Å². The van der Waals surface area contributed by atoms with Gasteiger partial charge in [0.05, 0.1) is 6.54 Å². The highest BCUT2D eigenvalue weighted by atomic mass is 16.4. The van der Waals surface area contributed by atoms with Crippen molar-refractivity contribution >= 4 is 0 Å². The van der Waals surface area contributed by atoms with Crippen molar-refractivity contribution in [2.75, 3.05) is 0 Å². The van der Waals surface area contributed by atoms with Crippen molar-refractivity contribution in [2.45, 2.75) is 31.8 Å².